The highest BCUT2D eigenvalue weighted by Crippen LogP contribution is 2.10. The Morgan fingerprint density at radius 2 is 2.00 bits per heavy atom. The smallest absolute Gasteiger partial charge is 0.268 e. The van der Waals surface area contributed by atoms with Crippen molar-refractivity contribution in [3.63, 3.8) is 0 Å². The zero-order chi connectivity index (χ0) is 10.7. The van der Waals surface area contributed by atoms with Crippen molar-refractivity contribution in [1.82, 2.24) is 9.88 Å². The van der Waals surface area contributed by atoms with Crippen LogP contribution in [0, 0.1) is 0 Å². The molecule has 0 atom stereocenters. The predicted octanol–water partition coefficient (Wildman–Crippen LogP) is 2.21. The number of rotatable bonds is 3. The van der Waals surface area contributed by atoms with Crippen molar-refractivity contribution in [3.05, 3.63) is 24.0 Å². The minimum atomic E-state index is -0.00120. The fourth-order valence-electron chi connectivity index (χ4n) is 1.37. The third-order valence-electron chi connectivity index (χ3n) is 1.99. The zero-order valence-corrected chi connectivity index (χ0v) is 9.24. The lowest BCUT2D eigenvalue weighted by molar-refractivity contribution is 0.0932. The topological polar surface area (TPSA) is 34.0 Å². The Bertz CT molecular complexity index is 313. The van der Waals surface area contributed by atoms with Gasteiger partial charge in [-0.1, -0.05) is 0 Å². The number of aromatic nitrogens is 1. The Morgan fingerprint density at radius 3 is 2.50 bits per heavy atom. The normalized spacial score (nSPS) is 11.0. The molecule has 0 aliphatic heterocycles. The average Bonchev–Trinajstić information content (AvgIpc) is 2.49. The summed E-state index contributed by atoms with van der Waals surface area (Å²) >= 11 is 0. The van der Waals surface area contributed by atoms with Crippen LogP contribution in [0.25, 0.3) is 0 Å². The number of hydrogen-bond donors (Lipinski definition) is 1. The van der Waals surface area contributed by atoms with Gasteiger partial charge in [-0.3, -0.25) is 4.79 Å². The largest absolute Gasteiger partial charge is 0.349 e. The maximum absolute atomic E-state index is 11.7. The molecule has 1 rings (SSSR count). The number of carbonyl (C=O) groups is 1. The van der Waals surface area contributed by atoms with Crippen LogP contribution >= 0.6 is 0 Å². The molecule has 1 heterocycles. The molecule has 0 saturated heterocycles. The number of hydrogen-bond acceptors (Lipinski definition) is 1. The van der Waals surface area contributed by atoms with E-state index in [4.69, 9.17) is 0 Å². The van der Waals surface area contributed by atoms with Gasteiger partial charge in [-0.25, -0.2) is 0 Å². The summed E-state index contributed by atoms with van der Waals surface area (Å²) in [5.41, 5.74) is 0.730. The van der Waals surface area contributed by atoms with E-state index in [-0.39, 0.29) is 11.9 Å². The van der Waals surface area contributed by atoms with E-state index in [1.54, 1.807) is 0 Å². The molecule has 0 spiro atoms. The van der Waals surface area contributed by atoms with Gasteiger partial charge in [0, 0.05) is 18.3 Å². The molecular weight excluding hydrogens is 176 g/mol. The highest BCUT2D eigenvalue weighted by atomic mass is 16.2. The van der Waals surface area contributed by atoms with Crippen LogP contribution in [0.4, 0.5) is 0 Å². The molecule has 0 aromatic carbocycles. The van der Waals surface area contributed by atoms with Crippen molar-refractivity contribution in [2.24, 2.45) is 0 Å². The molecule has 1 amide bonds. The van der Waals surface area contributed by atoms with Crippen LogP contribution in [0.5, 0.6) is 0 Å². The first-order valence-electron chi connectivity index (χ1n) is 5.00. The van der Waals surface area contributed by atoms with E-state index in [0.717, 1.165) is 5.69 Å². The van der Waals surface area contributed by atoms with E-state index in [0.29, 0.717) is 6.04 Å². The number of carbonyl (C=O) groups excluding carboxylic acids is 1. The number of amides is 1. The molecule has 0 saturated carbocycles. The molecule has 0 aliphatic rings. The molecule has 14 heavy (non-hydrogen) atoms. The quantitative estimate of drug-likeness (QED) is 0.786. The van der Waals surface area contributed by atoms with Gasteiger partial charge in [-0.05, 0) is 39.8 Å². The first-order valence-corrected chi connectivity index (χ1v) is 5.00. The standard InChI is InChI=1S/C11H18N2O/c1-8(2)12-11(14)10-6-5-7-13(10)9(3)4/h5-9H,1-4H3,(H,12,14). The lowest BCUT2D eigenvalue weighted by Gasteiger charge is -2.14. The highest BCUT2D eigenvalue weighted by Gasteiger charge is 2.12. The minimum Gasteiger partial charge on any atom is -0.349 e. The Balaban J connectivity index is 2.84. The van der Waals surface area contributed by atoms with Crippen molar-refractivity contribution in [2.45, 2.75) is 39.8 Å². The predicted molar refractivity (Wildman–Crippen MR) is 57.4 cm³/mol. The summed E-state index contributed by atoms with van der Waals surface area (Å²) in [5, 5.41) is 2.88. The molecule has 3 nitrogen and oxygen atoms in total. The van der Waals surface area contributed by atoms with Crippen molar-refractivity contribution >= 4 is 5.91 Å². The van der Waals surface area contributed by atoms with Crippen LogP contribution in [-0.2, 0) is 0 Å². The molecular formula is C11H18N2O. The van der Waals surface area contributed by atoms with Crippen molar-refractivity contribution in [2.75, 3.05) is 0 Å². The van der Waals surface area contributed by atoms with Gasteiger partial charge in [0.2, 0.25) is 0 Å². The zero-order valence-electron chi connectivity index (χ0n) is 9.24. The van der Waals surface area contributed by atoms with Gasteiger partial charge in [0.05, 0.1) is 0 Å². The van der Waals surface area contributed by atoms with E-state index < -0.39 is 0 Å². The van der Waals surface area contributed by atoms with Crippen LogP contribution in [0.15, 0.2) is 18.3 Å². The lowest BCUT2D eigenvalue weighted by Crippen LogP contribution is -2.31. The molecule has 0 unspecified atom stereocenters. The number of nitrogens with one attached hydrogen (secondary N) is 1. The van der Waals surface area contributed by atoms with Gasteiger partial charge in [0.1, 0.15) is 5.69 Å². The van der Waals surface area contributed by atoms with E-state index in [1.807, 2.05) is 36.7 Å². The van der Waals surface area contributed by atoms with Crippen LogP contribution in [-0.4, -0.2) is 16.5 Å². The summed E-state index contributed by atoms with van der Waals surface area (Å²) in [7, 11) is 0. The average molecular weight is 194 g/mol. The second-order valence-electron chi connectivity index (χ2n) is 4.02. The SMILES string of the molecule is CC(C)NC(=O)c1cccn1C(C)C. The lowest BCUT2D eigenvalue weighted by atomic mass is 10.3. The fourth-order valence-corrected chi connectivity index (χ4v) is 1.37. The van der Waals surface area contributed by atoms with Crippen LogP contribution < -0.4 is 5.32 Å². The fraction of sp³-hybridized carbons (Fsp3) is 0.545. The maximum Gasteiger partial charge on any atom is 0.268 e. The Hall–Kier alpha value is -1.25. The molecule has 1 aromatic heterocycles. The van der Waals surface area contributed by atoms with Crippen molar-refractivity contribution in [1.29, 1.82) is 0 Å². The summed E-state index contributed by atoms with van der Waals surface area (Å²) < 4.78 is 1.97. The molecule has 78 valence electrons. The van der Waals surface area contributed by atoms with Gasteiger partial charge >= 0.3 is 0 Å². The summed E-state index contributed by atoms with van der Waals surface area (Å²) in [6.45, 7) is 8.04. The third-order valence-corrected chi connectivity index (χ3v) is 1.99. The van der Waals surface area contributed by atoms with E-state index >= 15 is 0 Å². The molecule has 3 heteroatoms. The van der Waals surface area contributed by atoms with Gasteiger partial charge in [-0.2, -0.15) is 0 Å². The minimum absolute atomic E-state index is 0.00120. The Labute approximate surface area is 85.1 Å². The van der Waals surface area contributed by atoms with Gasteiger partial charge in [0.15, 0.2) is 0 Å². The van der Waals surface area contributed by atoms with Crippen molar-refractivity contribution in [3.8, 4) is 0 Å². The summed E-state index contributed by atoms with van der Waals surface area (Å²) in [4.78, 5) is 11.7. The van der Waals surface area contributed by atoms with E-state index in [9.17, 15) is 4.79 Å². The molecule has 1 aromatic rings. The first kappa shape index (κ1) is 10.8. The Morgan fingerprint density at radius 1 is 1.36 bits per heavy atom. The maximum atomic E-state index is 11.7. The second kappa shape index (κ2) is 4.31. The number of nitrogens with zero attached hydrogens (tertiary/aromatic N) is 1. The van der Waals surface area contributed by atoms with E-state index in [2.05, 4.69) is 19.2 Å². The molecule has 0 bridgehead atoms. The molecule has 1 N–H and O–H groups in total. The van der Waals surface area contributed by atoms with Crippen LogP contribution in [0.2, 0.25) is 0 Å². The monoisotopic (exact) mass is 194 g/mol. The van der Waals surface area contributed by atoms with Crippen LogP contribution in [0.1, 0.15) is 44.2 Å². The molecule has 0 radical (unpaired) electrons. The summed E-state index contributed by atoms with van der Waals surface area (Å²) in [6, 6.07) is 4.24. The van der Waals surface area contributed by atoms with Crippen LogP contribution in [0.3, 0.4) is 0 Å². The Kier molecular flexibility index (Phi) is 3.33. The summed E-state index contributed by atoms with van der Waals surface area (Å²) in [6.07, 6.45) is 1.93. The molecule has 0 aliphatic carbocycles. The van der Waals surface area contributed by atoms with Gasteiger partial charge in [-0.15, -0.1) is 0 Å². The second-order valence-corrected chi connectivity index (χ2v) is 4.02. The highest BCUT2D eigenvalue weighted by molar-refractivity contribution is 5.92. The third kappa shape index (κ3) is 2.37. The molecule has 0 fully saturated rings. The summed E-state index contributed by atoms with van der Waals surface area (Å²) in [5.74, 6) is -0.00120. The van der Waals surface area contributed by atoms with E-state index in [1.165, 1.54) is 0 Å². The first-order chi connectivity index (χ1) is 6.52. The van der Waals surface area contributed by atoms with Gasteiger partial charge < -0.3 is 9.88 Å². The van der Waals surface area contributed by atoms with Gasteiger partial charge in [0.25, 0.3) is 5.91 Å². The van der Waals surface area contributed by atoms with Crippen molar-refractivity contribution < 1.29 is 4.79 Å².